The van der Waals surface area contributed by atoms with Crippen LogP contribution in [0.1, 0.15) is 46.0 Å². The third-order valence-corrected chi connectivity index (χ3v) is 6.10. The summed E-state index contributed by atoms with van der Waals surface area (Å²) in [4.78, 5) is 23.1. The van der Waals surface area contributed by atoms with Crippen LogP contribution in [0.3, 0.4) is 0 Å². The summed E-state index contributed by atoms with van der Waals surface area (Å²) in [6.45, 7) is 12.4. The number of carbonyl (C=O) groups is 1. The van der Waals surface area contributed by atoms with Crippen LogP contribution in [0.25, 0.3) is 0 Å². The van der Waals surface area contributed by atoms with Crippen molar-refractivity contribution in [3.63, 3.8) is 0 Å². The Morgan fingerprint density at radius 3 is 2.57 bits per heavy atom. The Labute approximate surface area is 171 Å². The van der Waals surface area contributed by atoms with Crippen LogP contribution in [-0.4, -0.2) is 99.1 Å². The summed E-state index contributed by atoms with van der Waals surface area (Å²) in [6, 6.07) is 0.567. The van der Waals surface area contributed by atoms with Crippen LogP contribution in [0.4, 0.5) is 0 Å². The first-order valence-electron chi connectivity index (χ1n) is 11.2. The van der Waals surface area contributed by atoms with Gasteiger partial charge in [0, 0.05) is 33.2 Å². The Balaban J connectivity index is 1.76. The fraction of sp³-hybridized carbons (Fsp3) is 0.905. The molecule has 0 saturated carbocycles. The molecule has 1 amide bonds. The maximum Gasteiger partial charge on any atom is 0.243 e. The lowest BCUT2D eigenvalue weighted by molar-refractivity contribution is -0.127. The molecule has 28 heavy (non-hydrogen) atoms. The van der Waals surface area contributed by atoms with Gasteiger partial charge in [-0.3, -0.25) is 9.69 Å². The molecule has 0 bridgehead atoms. The largest absolute Gasteiger partial charge is 0.356 e. The number of amides is 1. The molecule has 2 heterocycles. The van der Waals surface area contributed by atoms with E-state index in [1.165, 1.54) is 45.3 Å². The van der Waals surface area contributed by atoms with Gasteiger partial charge in [0.25, 0.3) is 0 Å². The van der Waals surface area contributed by atoms with Crippen molar-refractivity contribution >= 4 is 11.9 Å². The molecule has 7 heteroatoms. The maximum atomic E-state index is 11.9. The molecule has 0 aromatic carbocycles. The summed E-state index contributed by atoms with van der Waals surface area (Å²) in [5.74, 6) is 1.68. The van der Waals surface area contributed by atoms with Gasteiger partial charge in [0.15, 0.2) is 5.96 Å². The number of hydrogen-bond acceptors (Lipinski definition) is 4. The summed E-state index contributed by atoms with van der Waals surface area (Å²) in [7, 11) is 3.55. The summed E-state index contributed by atoms with van der Waals surface area (Å²) in [5, 5.41) is 6.92. The van der Waals surface area contributed by atoms with E-state index in [-0.39, 0.29) is 12.5 Å². The van der Waals surface area contributed by atoms with Crippen LogP contribution < -0.4 is 10.6 Å². The van der Waals surface area contributed by atoms with Gasteiger partial charge in [-0.15, -0.1) is 0 Å². The average Bonchev–Trinajstić information content (AvgIpc) is 3.15. The van der Waals surface area contributed by atoms with Gasteiger partial charge in [0.05, 0.1) is 0 Å². The van der Waals surface area contributed by atoms with Crippen LogP contribution in [0.5, 0.6) is 0 Å². The van der Waals surface area contributed by atoms with Crippen LogP contribution >= 0.6 is 0 Å². The molecule has 0 aliphatic carbocycles. The minimum absolute atomic E-state index is 0.0274. The predicted molar refractivity (Wildman–Crippen MR) is 117 cm³/mol. The lowest BCUT2D eigenvalue weighted by atomic mass is 9.99. The van der Waals surface area contributed by atoms with Crippen LogP contribution in [0.2, 0.25) is 0 Å². The Morgan fingerprint density at radius 2 is 1.89 bits per heavy atom. The number of rotatable bonds is 9. The molecule has 2 saturated heterocycles. The normalized spacial score (nSPS) is 22.4. The zero-order valence-corrected chi connectivity index (χ0v) is 18.5. The molecule has 7 nitrogen and oxygen atoms in total. The zero-order valence-electron chi connectivity index (χ0n) is 18.5. The van der Waals surface area contributed by atoms with Crippen LogP contribution in [0, 0.1) is 5.92 Å². The van der Waals surface area contributed by atoms with Gasteiger partial charge in [-0.1, -0.05) is 13.8 Å². The molecule has 2 aliphatic heterocycles. The number of carbonyl (C=O) groups excluding carboxylic acids is 1. The number of aliphatic imine (C=N–C) groups is 1. The van der Waals surface area contributed by atoms with Gasteiger partial charge in [-0.2, -0.15) is 0 Å². The van der Waals surface area contributed by atoms with Gasteiger partial charge in [-0.25, -0.2) is 4.99 Å². The first kappa shape index (κ1) is 22.9. The second-order valence-electron chi connectivity index (χ2n) is 8.56. The fourth-order valence-corrected chi connectivity index (χ4v) is 4.01. The van der Waals surface area contributed by atoms with Crippen LogP contribution in [-0.2, 0) is 4.79 Å². The van der Waals surface area contributed by atoms with Crippen molar-refractivity contribution in [1.82, 2.24) is 25.3 Å². The van der Waals surface area contributed by atoms with E-state index in [0.29, 0.717) is 6.04 Å². The topological polar surface area (TPSA) is 63.2 Å². The molecule has 0 aromatic heterocycles. The Kier molecular flexibility index (Phi) is 10.1. The van der Waals surface area contributed by atoms with Crippen molar-refractivity contribution in [3.8, 4) is 0 Å². The summed E-state index contributed by atoms with van der Waals surface area (Å²) in [5.41, 5.74) is 0. The van der Waals surface area contributed by atoms with Crippen molar-refractivity contribution in [1.29, 1.82) is 0 Å². The zero-order chi connectivity index (χ0) is 20.4. The number of hydrogen-bond donors (Lipinski definition) is 2. The second-order valence-corrected chi connectivity index (χ2v) is 8.56. The van der Waals surface area contributed by atoms with E-state index >= 15 is 0 Å². The smallest absolute Gasteiger partial charge is 0.243 e. The number of nitrogens with zero attached hydrogens (tertiary/aromatic N) is 4. The third-order valence-electron chi connectivity index (χ3n) is 6.10. The molecular formula is C21H42N6O. The molecule has 0 aromatic rings. The number of piperidine rings is 1. The number of likely N-dealkylation sites (tertiary alicyclic amines) is 2. The Bertz CT molecular complexity index is 487. The molecule has 1 atom stereocenters. The highest BCUT2D eigenvalue weighted by atomic mass is 16.2. The van der Waals surface area contributed by atoms with Crippen molar-refractivity contribution in [2.75, 3.05) is 66.5 Å². The SMILES string of the molecule is CCN1CCCC1CNC(=NCC(=O)N(C)C)NCCCN1CCC(C)CC1. The first-order valence-corrected chi connectivity index (χ1v) is 11.2. The average molecular weight is 395 g/mol. The monoisotopic (exact) mass is 394 g/mol. The van der Waals surface area contributed by atoms with Crippen LogP contribution in [0.15, 0.2) is 4.99 Å². The van der Waals surface area contributed by atoms with Crippen molar-refractivity contribution < 1.29 is 4.79 Å². The van der Waals surface area contributed by atoms with Gasteiger partial charge < -0.3 is 20.4 Å². The molecule has 0 spiro atoms. The third kappa shape index (κ3) is 7.95. The minimum Gasteiger partial charge on any atom is -0.356 e. The fourth-order valence-electron chi connectivity index (χ4n) is 4.01. The second kappa shape index (κ2) is 12.3. The van der Waals surface area contributed by atoms with Gasteiger partial charge in [0.2, 0.25) is 5.91 Å². The standard InChI is InChI=1S/C21H42N6O/c1-5-27-13-6-8-19(27)16-23-21(24-17-20(28)25(3)4)22-11-7-12-26-14-9-18(2)10-15-26/h18-19H,5-17H2,1-4H3,(H2,22,23,24). The Morgan fingerprint density at radius 1 is 1.14 bits per heavy atom. The summed E-state index contributed by atoms with van der Waals surface area (Å²) < 4.78 is 0. The number of likely N-dealkylation sites (N-methyl/N-ethyl adjacent to an activating group) is 2. The quantitative estimate of drug-likeness (QED) is 0.350. The minimum atomic E-state index is 0.0274. The lowest BCUT2D eigenvalue weighted by Crippen LogP contribution is -2.46. The van der Waals surface area contributed by atoms with E-state index in [9.17, 15) is 4.79 Å². The highest BCUT2D eigenvalue weighted by Crippen LogP contribution is 2.16. The lowest BCUT2D eigenvalue weighted by Gasteiger charge is -2.30. The molecule has 162 valence electrons. The summed E-state index contributed by atoms with van der Waals surface area (Å²) >= 11 is 0. The van der Waals surface area contributed by atoms with Gasteiger partial charge in [-0.05, 0) is 70.7 Å². The van der Waals surface area contributed by atoms with E-state index in [4.69, 9.17) is 0 Å². The number of nitrogens with one attached hydrogen (secondary N) is 2. The first-order chi connectivity index (χ1) is 13.5. The molecule has 2 fully saturated rings. The number of guanidine groups is 1. The van der Waals surface area contributed by atoms with E-state index in [0.717, 1.165) is 44.5 Å². The predicted octanol–water partition coefficient (Wildman–Crippen LogP) is 1.22. The van der Waals surface area contributed by atoms with Crippen molar-refractivity contribution in [2.45, 2.75) is 52.0 Å². The highest BCUT2D eigenvalue weighted by molar-refractivity contribution is 5.84. The van der Waals surface area contributed by atoms with Crippen molar-refractivity contribution in [3.05, 3.63) is 0 Å². The van der Waals surface area contributed by atoms with Gasteiger partial charge >= 0.3 is 0 Å². The molecule has 2 N–H and O–H groups in total. The van der Waals surface area contributed by atoms with E-state index in [1.54, 1.807) is 19.0 Å². The molecular weight excluding hydrogens is 352 g/mol. The highest BCUT2D eigenvalue weighted by Gasteiger charge is 2.23. The van der Waals surface area contributed by atoms with E-state index < -0.39 is 0 Å². The Hall–Kier alpha value is -1.34. The van der Waals surface area contributed by atoms with E-state index in [2.05, 4.69) is 39.3 Å². The van der Waals surface area contributed by atoms with Gasteiger partial charge in [0.1, 0.15) is 6.54 Å². The maximum absolute atomic E-state index is 11.9. The van der Waals surface area contributed by atoms with E-state index in [1.807, 2.05) is 0 Å². The molecule has 2 aliphatic rings. The molecule has 2 rings (SSSR count). The molecule has 0 radical (unpaired) electrons. The van der Waals surface area contributed by atoms with Crippen molar-refractivity contribution in [2.24, 2.45) is 10.9 Å². The molecule has 1 unspecified atom stereocenters. The summed E-state index contributed by atoms with van der Waals surface area (Å²) in [6.07, 6.45) is 6.25.